The molecule has 2 unspecified atom stereocenters. The topological polar surface area (TPSA) is 89.8 Å². The summed E-state index contributed by atoms with van der Waals surface area (Å²) in [5, 5.41) is 30.3. The molecule has 1 amide bonds. The molecule has 2 atom stereocenters. The van der Waals surface area contributed by atoms with Crippen molar-refractivity contribution in [1.82, 2.24) is 5.32 Å². The van der Waals surface area contributed by atoms with E-state index in [1.165, 1.54) is 6.92 Å². The van der Waals surface area contributed by atoms with Gasteiger partial charge in [-0.2, -0.15) is 0 Å². The molecule has 1 rings (SSSR count). The molecule has 0 radical (unpaired) electrons. The number of aliphatic hydroxyl groups is 3. The highest BCUT2D eigenvalue weighted by atomic mass is 19.1. The van der Waals surface area contributed by atoms with Crippen molar-refractivity contribution in [3.05, 3.63) is 34.9 Å². The van der Waals surface area contributed by atoms with E-state index in [4.69, 9.17) is 5.11 Å². The van der Waals surface area contributed by atoms with Crippen LogP contribution in [0.1, 0.15) is 24.2 Å². The molecule has 7 heteroatoms. The Hall–Kier alpha value is -1.57. The first-order chi connectivity index (χ1) is 8.86. The Kier molecular flexibility index (Phi) is 5.34. The predicted octanol–water partition coefficient (Wildman–Crippen LogP) is -0.0125. The maximum atomic E-state index is 13.4. The first kappa shape index (κ1) is 15.5. The van der Waals surface area contributed by atoms with Crippen LogP contribution in [0.3, 0.4) is 0 Å². The van der Waals surface area contributed by atoms with Crippen LogP contribution >= 0.6 is 0 Å². The Morgan fingerprint density at radius 2 is 1.84 bits per heavy atom. The van der Waals surface area contributed by atoms with Crippen LogP contribution in [0.25, 0.3) is 0 Å². The van der Waals surface area contributed by atoms with Crippen LogP contribution in [0.15, 0.2) is 12.1 Å². The third kappa shape index (κ3) is 3.95. The van der Waals surface area contributed by atoms with Gasteiger partial charge in [0, 0.05) is 19.0 Å². The molecule has 106 valence electrons. The fourth-order valence-corrected chi connectivity index (χ4v) is 1.53. The standard InChI is InChI=1S/C12H15F2NO4/c1-6(17)15-4-11(18)12(19)7-2-9(13)8(5-16)10(14)3-7/h2-3,11-12,16,18-19H,4-5H2,1H3,(H,15,17). The van der Waals surface area contributed by atoms with Gasteiger partial charge >= 0.3 is 0 Å². The Morgan fingerprint density at radius 1 is 1.32 bits per heavy atom. The zero-order valence-electron chi connectivity index (χ0n) is 10.2. The molecule has 0 heterocycles. The summed E-state index contributed by atoms with van der Waals surface area (Å²) in [4.78, 5) is 10.6. The van der Waals surface area contributed by atoms with Gasteiger partial charge in [-0.25, -0.2) is 8.78 Å². The molecule has 0 saturated heterocycles. The minimum absolute atomic E-state index is 0.176. The molecule has 5 nitrogen and oxygen atoms in total. The maximum absolute atomic E-state index is 13.4. The van der Waals surface area contributed by atoms with E-state index in [0.717, 1.165) is 12.1 Å². The second-order valence-corrected chi connectivity index (χ2v) is 4.07. The van der Waals surface area contributed by atoms with Crippen LogP contribution in [0, 0.1) is 11.6 Å². The number of halogens is 2. The summed E-state index contributed by atoms with van der Waals surface area (Å²) in [7, 11) is 0. The van der Waals surface area contributed by atoms with Gasteiger partial charge in [-0.3, -0.25) is 4.79 Å². The Morgan fingerprint density at radius 3 is 2.26 bits per heavy atom. The maximum Gasteiger partial charge on any atom is 0.216 e. The first-order valence-corrected chi connectivity index (χ1v) is 5.56. The molecule has 1 aromatic rings. The van der Waals surface area contributed by atoms with Crippen molar-refractivity contribution < 1.29 is 28.9 Å². The van der Waals surface area contributed by atoms with Crippen molar-refractivity contribution >= 4 is 5.91 Å². The number of rotatable bonds is 5. The van der Waals surface area contributed by atoms with Gasteiger partial charge in [0.05, 0.1) is 6.61 Å². The Balaban J connectivity index is 2.87. The number of hydrogen-bond acceptors (Lipinski definition) is 4. The Bertz CT molecular complexity index is 444. The number of benzene rings is 1. The van der Waals surface area contributed by atoms with E-state index in [2.05, 4.69) is 5.32 Å². The number of amides is 1. The summed E-state index contributed by atoms with van der Waals surface area (Å²) >= 11 is 0. The molecule has 1 aromatic carbocycles. The average molecular weight is 275 g/mol. The SMILES string of the molecule is CC(=O)NCC(O)C(O)c1cc(F)c(CO)c(F)c1. The van der Waals surface area contributed by atoms with E-state index < -0.39 is 41.9 Å². The molecule has 0 aromatic heterocycles. The van der Waals surface area contributed by atoms with Gasteiger partial charge in [-0.1, -0.05) is 0 Å². The van der Waals surface area contributed by atoms with Gasteiger partial charge in [0.15, 0.2) is 0 Å². The third-order valence-electron chi connectivity index (χ3n) is 2.59. The van der Waals surface area contributed by atoms with Crippen LogP contribution in [0.5, 0.6) is 0 Å². The average Bonchev–Trinajstić information content (AvgIpc) is 2.34. The number of hydrogen-bond donors (Lipinski definition) is 4. The zero-order valence-corrected chi connectivity index (χ0v) is 10.2. The number of nitrogens with one attached hydrogen (secondary N) is 1. The quantitative estimate of drug-likeness (QED) is 0.608. The van der Waals surface area contributed by atoms with Crippen molar-refractivity contribution in [2.75, 3.05) is 6.54 Å². The third-order valence-corrected chi connectivity index (χ3v) is 2.59. The largest absolute Gasteiger partial charge is 0.391 e. The summed E-state index contributed by atoms with van der Waals surface area (Å²) < 4.78 is 26.8. The minimum atomic E-state index is -1.55. The van der Waals surface area contributed by atoms with Crippen LogP contribution in [0.2, 0.25) is 0 Å². The van der Waals surface area contributed by atoms with Crippen molar-refractivity contribution in [2.24, 2.45) is 0 Å². The summed E-state index contributed by atoms with van der Waals surface area (Å²) in [6.45, 7) is 0.179. The number of aliphatic hydroxyl groups excluding tert-OH is 3. The van der Waals surface area contributed by atoms with Crippen molar-refractivity contribution in [1.29, 1.82) is 0 Å². The van der Waals surface area contributed by atoms with Crippen molar-refractivity contribution in [3.8, 4) is 0 Å². The van der Waals surface area contributed by atoms with Gasteiger partial charge in [-0.15, -0.1) is 0 Å². The lowest BCUT2D eigenvalue weighted by atomic mass is 10.0. The minimum Gasteiger partial charge on any atom is -0.391 e. The van der Waals surface area contributed by atoms with E-state index in [1.54, 1.807) is 0 Å². The summed E-state index contributed by atoms with van der Waals surface area (Å²) in [5.74, 6) is -2.43. The van der Waals surface area contributed by atoms with Crippen LogP contribution < -0.4 is 5.32 Å². The van der Waals surface area contributed by atoms with Crippen molar-refractivity contribution in [2.45, 2.75) is 25.7 Å². The number of carbonyl (C=O) groups excluding carboxylic acids is 1. The fourth-order valence-electron chi connectivity index (χ4n) is 1.53. The molecule has 0 aliphatic rings. The lowest BCUT2D eigenvalue weighted by Crippen LogP contribution is -2.34. The number of carbonyl (C=O) groups is 1. The van der Waals surface area contributed by atoms with E-state index in [0.29, 0.717) is 0 Å². The van der Waals surface area contributed by atoms with Gasteiger partial charge < -0.3 is 20.6 Å². The van der Waals surface area contributed by atoms with Crippen LogP contribution in [-0.4, -0.2) is 33.9 Å². The first-order valence-electron chi connectivity index (χ1n) is 5.56. The molecule has 19 heavy (non-hydrogen) atoms. The second kappa shape index (κ2) is 6.55. The molecule has 4 N–H and O–H groups in total. The lowest BCUT2D eigenvalue weighted by Gasteiger charge is -2.19. The smallest absolute Gasteiger partial charge is 0.216 e. The second-order valence-electron chi connectivity index (χ2n) is 4.07. The molecule has 0 bridgehead atoms. The molecule has 0 spiro atoms. The van der Waals surface area contributed by atoms with Gasteiger partial charge in [0.25, 0.3) is 0 Å². The van der Waals surface area contributed by atoms with E-state index in [-0.39, 0.29) is 12.1 Å². The summed E-state index contributed by atoms with van der Waals surface area (Å²) in [6.07, 6.45) is -2.95. The summed E-state index contributed by atoms with van der Waals surface area (Å²) in [6, 6.07) is 1.66. The molecule has 0 saturated carbocycles. The predicted molar refractivity (Wildman–Crippen MR) is 61.9 cm³/mol. The van der Waals surface area contributed by atoms with Crippen LogP contribution in [-0.2, 0) is 11.4 Å². The monoisotopic (exact) mass is 275 g/mol. The highest BCUT2D eigenvalue weighted by molar-refractivity contribution is 5.72. The van der Waals surface area contributed by atoms with E-state index >= 15 is 0 Å². The van der Waals surface area contributed by atoms with E-state index in [1.807, 2.05) is 0 Å². The molecular weight excluding hydrogens is 260 g/mol. The fraction of sp³-hybridized carbons (Fsp3) is 0.417. The zero-order chi connectivity index (χ0) is 14.6. The van der Waals surface area contributed by atoms with Gasteiger partial charge in [0.1, 0.15) is 23.8 Å². The highest BCUT2D eigenvalue weighted by Crippen LogP contribution is 2.22. The van der Waals surface area contributed by atoms with Gasteiger partial charge in [0.2, 0.25) is 5.91 Å². The van der Waals surface area contributed by atoms with Crippen molar-refractivity contribution in [3.63, 3.8) is 0 Å². The molecule has 0 aliphatic heterocycles. The molecule has 0 aliphatic carbocycles. The summed E-state index contributed by atoms with van der Waals surface area (Å²) in [5.41, 5.74) is -0.683. The normalized spacial score (nSPS) is 14.0. The Labute approximate surface area is 108 Å². The lowest BCUT2D eigenvalue weighted by molar-refractivity contribution is -0.119. The molecular formula is C12H15F2NO4. The highest BCUT2D eigenvalue weighted by Gasteiger charge is 2.21. The van der Waals surface area contributed by atoms with Crippen LogP contribution in [0.4, 0.5) is 8.78 Å². The van der Waals surface area contributed by atoms with E-state index in [9.17, 15) is 23.8 Å². The molecule has 0 fully saturated rings. The van der Waals surface area contributed by atoms with Gasteiger partial charge in [-0.05, 0) is 17.7 Å².